The highest BCUT2D eigenvalue weighted by Crippen LogP contribution is 2.32. The summed E-state index contributed by atoms with van der Waals surface area (Å²) in [5, 5.41) is 3.31. The molecule has 3 aromatic carbocycles. The van der Waals surface area contributed by atoms with Gasteiger partial charge in [-0.3, -0.25) is 0 Å². The van der Waals surface area contributed by atoms with Crippen molar-refractivity contribution in [3.63, 3.8) is 0 Å². The van der Waals surface area contributed by atoms with Crippen molar-refractivity contribution in [2.45, 2.75) is 25.4 Å². The van der Waals surface area contributed by atoms with Crippen LogP contribution in [0.2, 0.25) is 0 Å². The van der Waals surface area contributed by atoms with Crippen LogP contribution in [-0.4, -0.2) is 20.8 Å². The van der Waals surface area contributed by atoms with Gasteiger partial charge in [-0.05, 0) is 29.0 Å². The molecule has 1 aliphatic rings. The van der Waals surface area contributed by atoms with E-state index in [1.807, 2.05) is 36.4 Å². The summed E-state index contributed by atoms with van der Waals surface area (Å²) in [6.45, 7) is 1.81. The highest BCUT2D eigenvalue weighted by Gasteiger charge is 2.33. The summed E-state index contributed by atoms with van der Waals surface area (Å²) in [5.74, 6) is 1.64. The topological polar surface area (TPSA) is 53.1 Å². The summed E-state index contributed by atoms with van der Waals surface area (Å²) < 4.78 is 16.6. The Balaban J connectivity index is 1.58. The van der Waals surface area contributed by atoms with Gasteiger partial charge in [0.15, 0.2) is 0 Å². The van der Waals surface area contributed by atoms with Crippen molar-refractivity contribution in [3.8, 4) is 11.5 Å². The van der Waals surface area contributed by atoms with E-state index in [4.69, 9.17) is 13.9 Å². The predicted molar refractivity (Wildman–Crippen MR) is 121 cm³/mol. The molecule has 0 spiro atoms. The fourth-order valence-electron chi connectivity index (χ4n) is 5.01. The summed E-state index contributed by atoms with van der Waals surface area (Å²) >= 11 is 0. The number of hydrogen-bond donors (Lipinski definition) is 1. The molecule has 1 aromatic heterocycles. The SMILES string of the molecule is COc1ccc([C@H]2CCC[NH+]2Cc2cc(=O)oc3ccc4ccccc4c23)c(OC)c1. The number of nitrogens with one attached hydrogen (secondary N) is 1. The lowest BCUT2D eigenvalue weighted by atomic mass is 10.00. The molecule has 2 atom stereocenters. The number of quaternary nitrogens is 1. The molecule has 5 heteroatoms. The van der Waals surface area contributed by atoms with E-state index >= 15 is 0 Å². The van der Waals surface area contributed by atoms with Crippen LogP contribution >= 0.6 is 0 Å². The molecule has 0 amide bonds. The van der Waals surface area contributed by atoms with E-state index in [9.17, 15) is 4.79 Å². The maximum atomic E-state index is 12.3. The van der Waals surface area contributed by atoms with Gasteiger partial charge in [0.1, 0.15) is 29.7 Å². The van der Waals surface area contributed by atoms with Crippen molar-refractivity contribution in [2.75, 3.05) is 20.8 Å². The number of methoxy groups -OCH3 is 2. The second-order valence-electron chi connectivity index (χ2n) is 8.14. The molecule has 0 radical (unpaired) electrons. The molecule has 0 saturated carbocycles. The van der Waals surface area contributed by atoms with Crippen LogP contribution in [0.5, 0.6) is 11.5 Å². The van der Waals surface area contributed by atoms with Crippen molar-refractivity contribution >= 4 is 21.7 Å². The Morgan fingerprint density at radius 2 is 1.90 bits per heavy atom. The quantitative estimate of drug-likeness (QED) is 0.396. The predicted octanol–water partition coefficient (Wildman–Crippen LogP) is 3.88. The van der Waals surface area contributed by atoms with E-state index in [1.165, 1.54) is 10.5 Å². The Kier molecular flexibility index (Phi) is 5.12. The standard InChI is InChI=1S/C26H25NO4/c1-29-19-10-11-21(24(15-19)30-2)22-8-5-13-27(22)16-18-14-25(28)31-23-12-9-17-6-3-4-7-20(17)26(18)23/h3-4,6-7,9-12,14-15,22H,5,8,13,16H2,1-2H3/p+1/t22-/m1/s1. The fourth-order valence-corrected chi connectivity index (χ4v) is 5.01. The highest BCUT2D eigenvalue weighted by atomic mass is 16.5. The van der Waals surface area contributed by atoms with E-state index in [0.29, 0.717) is 11.6 Å². The molecule has 1 fully saturated rings. The summed E-state index contributed by atoms with van der Waals surface area (Å²) in [6.07, 6.45) is 2.22. The van der Waals surface area contributed by atoms with Crippen LogP contribution < -0.4 is 20.0 Å². The van der Waals surface area contributed by atoms with E-state index in [2.05, 4.69) is 18.2 Å². The van der Waals surface area contributed by atoms with Crippen molar-refractivity contribution in [3.05, 3.63) is 82.2 Å². The Morgan fingerprint density at radius 1 is 1.03 bits per heavy atom. The highest BCUT2D eigenvalue weighted by molar-refractivity contribution is 6.06. The van der Waals surface area contributed by atoms with E-state index < -0.39 is 0 Å². The van der Waals surface area contributed by atoms with Gasteiger partial charge in [0.25, 0.3) is 0 Å². The summed E-state index contributed by atoms with van der Waals surface area (Å²) in [6, 6.07) is 20.2. The van der Waals surface area contributed by atoms with Gasteiger partial charge in [-0.1, -0.05) is 30.3 Å². The number of ether oxygens (including phenoxy) is 2. The van der Waals surface area contributed by atoms with Gasteiger partial charge in [-0.15, -0.1) is 0 Å². The molecule has 1 unspecified atom stereocenters. The molecule has 5 rings (SSSR count). The molecule has 2 heterocycles. The van der Waals surface area contributed by atoms with Gasteiger partial charge in [0.2, 0.25) is 0 Å². The largest absolute Gasteiger partial charge is 0.497 e. The lowest BCUT2D eigenvalue weighted by Gasteiger charge is -2.24. The number of benzene rings is 3. The third-order valence-electron chi connectivity index (χ3n) is 6.43. The lowest BCUT2D eigenvalue weighted by Crippen LogP contribution is -3.08. The molecule has 0 aliphatic carbocycles. The average molecular weight is 416 g/mol. The smallest absolute Gasteiger partial charge is 0.336 e. The Labute approximate surface area is 180 Å². The van der Waals surface area contributed by atoms with E-state index in [0.717, 1.165) is 59.2 Å². The van der Waals surface area contributed by atoms with E-state index in [1.54, 1.807) is 20.3 Å². The lowest BCUT2D eigenvalue weighted by molar-refractivity contribution is -0.931. The number of hydrogen-bond acceptors (Lipinski definition) is 4. The van der Waals surface area contributed by atoms with Gasteiger partial charge >= 0.3 is 5.63 Å². The monoisotopic (exact) mass is 416 g/mol. The normalized spacial score (nSPS) is 18.5. The van der Waals surface area contributed by atoms with Gasteiger partial charge in [0.05, 0.1) is 26.3 Å². The zero-order chi connectivity index (χ0) is 21.4. The Bertz CT molecular complexity index is 1310. The van der Waals surface area contributed by atoms with Crippen LogP contribution in [0.4, 0.5) is 0 Å². The Hall–Kier alpha value is -3.31. The van der Waals surface area contributed by atoms with E-state index in [-0.39, 0.29) is 5.63 Å². The van der Waals surface area contributed by atoms with Crippen LogP contribution in [0.15, 0.2) is 69.9 Å². The molecule has 4 aromatic rings. The molecular formula is C26H26NO4+. The number of likely N-dealkylation sites (tertiary alicyclic amines) is 1. The first kappa shape index (κ1) is 19.6. The van der Waals surface area contributed by atoms with Crippen molar-refractivity contribution in [2.24, 2.45) is 0 Å². The van der Waals surface area contributed by atoms with Crippen LogP contribution in [0.3, 0.4) is 0 Å². The molecule has 1 saturated heterocycles. The van der Waals surface area contributed by atoms with Crippen LogP contribution in [-0.2, 0) is 6.54 Å². The average Bonchev–Trinajstić information content (AvgIpc) is 3.25. The van der Waals surface area contributed by atoms with Crippen molar-refractivity contribution in [1.29, 1.82) is 0 Å². The zero-order valence-electron chi connectivity index (χ0n) is 17.8. The number of fused-ring (bicyclic) bond motifs is 3. The minimum absolute atomic E-state index is 0.296. The van der Waals surface area contributed by atoms with Gasteiger partial charge in [0, 0.05) is 35.9 Å². The Morgan fingerprint density at radius 3 is 2.74 bits per heavy atom. The van der Waals surface area contributed by atoms with Crippen LogP contribution in [0.25, 0.3) is 21.7 Å². The van der Waals surface area contributed by atoms with Gasteiger partial charge in [-0.25, -0.2) is 4.79 Å². The fraction of sp³-hybridized carbons (Fsp3) is 0.269. The molecule has 1 N–H and O–H groups in total. The molecular weight excluding hydrogens is 390 g/mol. The maximum Gasteiger partial charge on any atom is 0.336 e. The first-order chi connectivity index (χ1) is 15.2. The molecule has 5 nitrogen and oxygen atoms in total. The second kappa shape index (κ2) is 8.08. The third kappa shape index (κ3) is 3.55. The minimum Gasteiger partial charge on any atom is -0.497 e. The van der Waals surface area contributed by atoms with Crippen LogP contribution in [0.1, 0.15) is 30.0 Å². The summed E-state index contributed by atoms with van der Waals surface area (Å²) in [7, 11) is 3.37. The maximum absolute atomic E-state index is 12.3. The molecule has 1 aliphatic heterocycles. The van der Waals surface area contributed by atoms with Crippen molar-refractivity contribution < 1.29 is 18.8 Å². The summed E-state index contributed by atoms with van der Waals surface area (Å²) in [5.41, 5.74) is 2.58. The first-order valence-corrected chi connectivity index (χ1v) is 10.7. The third-order valence-corrected chi connectivity index (χ3v) is 6.43. The van der Waals surface area contributed by atoms with Crippen molar-refractivity contribution in [1.82, 2.24) is 0 Å². The first-order valence-electron chi connectivity index (χ1n) is 10.7. The molecule has 31 heavy (non-hydrogen) atoms. The van der Waals surface area contributed by atoms with Gasteiger partial charge in [-0.2, -0.15) is 0 Å². The summed E-state index contributed by atoms with van der Waals surface area (Å²) in [4.78, 5) is 13.8. The molecule has 0 bridgehead atoms. The molecule has 158 valence electrons. The minimum atomic E-state index is -0.296. The number of rotatable bonds is 5. The van der Waals surface area contributed by atoms with Gasteiger partial charge < -0.3 is 18.8 Å². The second-order valence-corrected chi connectivity index (χ2v) is 8.14. The zero-order valence-corrected chi connectivity index (χ0v) is 17.8. The van der Waals surface area contributed by atoms with Crippen LogP contribution in [0, 0.1) is 0 Å².